The third-order valence-electron chi connectivity index (χ3n) is 3.11. The Hall–Kier alpha value is -0.710. The first-order valence-corrected chi connectivity index (χ1v) is 8.58. The SMILES string of the molecule is CC1(C)C(C(=O)NO)N(S(C)(=O)=O)CCS1(=O)=O. The molecule has 1 saturated heterocycles. The van der Waals surface area contributed by atoms with E-state index in [1.165, 1.54) is 19.3 Å². The average molecular weight is 300 g/mol. The number of hydrogen-bond donors (Lipinski definition) is 2. The number of nitrogens with zero attached hydrogens (tertiary/aromatic N) is 1. The molecule has 0 spiro atoms. The number of nitrogens with one attached hydrogen (secondary N) is 1. The summed E-state index contributed by atoms with van der Waals surface area (Å²) >= 11 is 0. The van der Waals surface area contributed by atoms with Crippen LogP contribution < -0.4 is 5.48 Å². The number of carbonyl (C=O) groups is 1. The van der Waals surface area contributed by atoms with Crippen molar-refractivity contribution >= 4 is 25.8 Å². The second-order valence-electron chi connectivity index (χ2n) is 4.67. The Morgan fingerprint density at radius 3 is 2.33 bits per heavy atom. The van der Waals surface area contributed by atoms with Gasteiger partial charge in [-0.2, -0.15) is 4.31 Å². The van der Waals surface area contributed by atoms with Gasteiger partial charge in [-0.25, -0.2) is 22.3 Å². The van der Waals surface area contributed by atoms with Crippen LogP contribution in [0.5, 0.6) is 0 Å². The van der Waals surface area contributed by atoms with Crippen molar-refractivity contribution in [2.75, 3.05) is 18.6 Å². The molecule has 1 amide bonds. The first kappa shape index (κ1) is 15.3. The van der Waals surface area contributed by atoms with E-state index in [1.54, 1.807) is 0 Å². The van der Waals surface area contributed by atoms with E-state index in [9.17, 15) is 21.6 Å². The van der Waals surface area contributed by atoms with Gasteiger partial charge in [0.25, 0.3) is 5.91 Å². The fourth-order valence-corrected chi connectivity index (χ4v) is 4.87. The molecule has 2 N–H and O–H groups in total. The van der Waals surface area contributed by atoms with Gasteiger partial charge in [0, 0.05) is 6.54 Å². The van der Waals surface area contributed by atoms with E-state index >= 15 is 0 Å². The zero-order valence-corrected chi connectivity index (χ0v) is 11.9. The van der Waals surface area contributed by atoms with Crippen LogP contribution in [0.15, 0.2) is 0 Å². The molecule has 0 aromatic carbocycles. The molecular formula is C8H16N2O6S2. The second-order valence-corrected chi connectivity index (χ2v) is 9.30. The highest BCUT2D eigenvalue weighted by molar-refractivity contribution is 7.93. The van der Waals surface area contributed by atoms with E-state index in [0.717, 1.165) is 10.6 Å². The Labute approximate surface area is 106 Å². The third kappa shape index (κ3) is 2.37. The Morgan fingerprint density at radius 2 is 1.94 bits per heavy atom. The molecule has 10 heteroatoms. The average Bonchev–Trinajstić information content (AvgIpc) is 2.19. The van der Waals surface area contributed by atoms with Crippen LogP contribution in [0.1, 0.15) is 13.8 Å². The maximum absolute atomic E-state index is 11.9. The lowest BCUT2D eigenvalue weighted by Crippen LogP contribution is -2.66. The summed E-state index contributed by atoms with van der Waals surface area (Å²) in [6.07, 6.45) is 0.888. The number of carbonyl (C=O) groups excluding carboxylic acids is 1. The number of sulfone groups is 1. The Balaban J connectivity index is 3.41. The Morgan fingerprint density at radius 1 is 1.44 bits per heavy atom. The van der Waals surface area contributed by atoms with Gasteiger partial charge in [0.05, 0.1) is 16.8 Å². The monoisotopic (exact) mass is 300 g/mol. The van der Waals surface area contributed by atoms with Crippen LogP contribution in [0.25, 0.3) is 0 Å². The molecule has 1 unspecified atom stereocenters. The standard InChI is InChI=1S/C8H16N2O6S2/c1-8(2)6(7(11)9-12)10(17(3,13)14)4-5-18(8,15)16/h6,12H,4-5H2,1-3H3,(H,9,11). The molecule has 1 heterocycles. The lowest BCUT2D eigenvalue weighted by atomic mass is 10.0. The normalized spacial score (nSPS) is 27.7. The fourth-order valence-electron chi connectivity index (χ4n) is 1.98. The van der Waals surface area contributed by atoms with Crippen molar-refractivity contribution in [2.45, 2.75) is 24.6 Å². The molecule has 8 nitrogen and oxygen atoms in total. The van der Waals surface area contributed by atoms with Gasteiger partial charge in [0.2, 0.25) is 10.0 Å². The second kappa shape index (κ2) is 4.44. The van der Waals surface area contributed by atoms with Crippen molar-refractivity contribution in [3.63, 3.8) is 0 Å². The number of hydrogen-bond acceptors (Lipinski definition) is 6. The topological polar surface area (TPSA) is 121 Å². The van der Waals surface area contributed by atoms with Crippen LogP contribution in [0.4, 0.5) is 0 Å². The summed E-state index contributed by atoms with van der Waals surface area (Å²) in [5.41, 5.74) is 1.32. The minimum Gasteiger partial charge on any atom is -0.289 e. The van der Waals surface area contributed by atoms with E-state index < -0.39 is 36.6 Å². The number of amides is 1. The Kier molecular flexibility index (Phi) is 3.79. The minimum atomic E-state index is -3.75. The summed E-state index contributed by atoms with van der Waals surface area (Å²) in [5, 5.41) is 8.66. The highest BCUT2D eigenvalue weighted by Gasteiger charge is 2.54. The van der Waals surface area contributed by atoms with Crippen molar-refractivity contribution in [3.8, 4) is 0 Å². The van der Waals surface area contributed by atoms with Crippen LogP contribution in [0.2, 0.25) is 0 Å². The van der Waals surface area contributed by atoms with Crippen molar-refractivity contribution < 1.29 is 26.8 Å². The van der Waals surface area contributed by atoms with Gasteiger partial charge in [0.1, 0.15) is 6.04 Å². The summed E-state index contributed by atoms with van der Waals surface area (Å²) in [4.78, 5) is 11.6. The number of rotatable bonds is 2. The lowest BCUT2D eigenvalue weighted by molar-refractivity contribution is -0.134. The highest BCUT2D eigenvalue weighted by Crippen LogP contribution is 2.31. The highest BCUT2D eigenvalue weighted by atomic mass is 32.2. The molecule has 18 heavy (non-hydrogen) atoms. The van der Waals surface area contributed by atoms with Crippen LogP contribution >= 0.6 is 0 Å². The molecule has 0 bridgehead atoms. The molecule has 0 aliphatic carbocycles. The van der Waals surface area contributed by atoms with Gasteiger partial charge < -0.3 is 0 Å². The van der Waals surface area contributed by atoms with Gasteiger partial charge in [-0.3, -0.25) is 10.0 Å². The fraction of sp³-hybridized carbons (Fsp3) is 0.875. The molecule has 106 valence electrons. The summed E-state index contributed by atoms with van der Waals surface area (Å²) in [7, 11) is -7.39. The molecule has 1 atom stereocenters. The zero-order chi connectivity index (χ0) is 14.4. The van der Waals surface area contributed by atoms with Gasteiger partial charge in [-0.05, 0) is 13.8 Å². The number of hydroxylamine groups is 1. The van der Waals surface area contributed by atoms with Crippen molar-refractivity contribution in [1.29, 1.82) is 0 Å². The van der Waals surface area contributed by atoms with E-state index in [4.69, 9.17) is 5.21 Å². The minimum absolute atomic E-state index is 0.303. The zero-order valence-electron chi connectivity index (χ0n) is 10.2. The smallest absolute Gasteiger partial charge is 0.263 e. The van der Waals surface area contributed by atoms with Crippen molar-refractivity contribution in [3.05, 3.63) is 0 Å². The van der Waals surface area contributed by atoms with Crippen LogP contribution in [-0.4, -0.2) is 61.6 Å². The van der Waals surface area contributed by atoms with Crippen molar-refractivity contribution in [2.24, 2.45) is 0 Å². The molecule has 1 fully saturated rings. The summed E-state index contributed by atoms with van der Waals surface area (Å²) in [6.45, 7) is 2.22. The largest absolute Gasteiger partial charge is 0.289 e. The van der Waals surface area contributed by atoms with Gasteiger partial charge >= 0.3 is 0 Å². The first-order chi connectivity index (χ1) is 7.95. The maximum Gasteiger partial charge on any atom is 0.263 e. The molecule has 0 aromatic heterocycles. The summed E-state index contributed by atoms with van der Waals surface area (Å²) in [6, 6.07) is -1.49. The molecule has 1 aliphatic rings. The molecule has 1 rings (SSSR count). The van der Waals surface area contributed by atoms with E-state index in [1.807, 2.05) is 0 Å². The molecule has 1 aliphatic heterocycles. The van der Waals surface area contributed by atoms with Crippen LogP contribution in [0, 0.1) is 0 Å². The first-order valence-electron chi connectivity index (χ1n) is 5.08. The van der Waals surface area contributed by atoms with Gasteiger partial charge in [-0.1, -0.05) is 0 Å². The predicted octanol–water partition coefficient (Wildman–Crippen LogP) is -1.67. The van der Waals surface area contributed by atoms with Crippen LogP contribution in [0.3, 0.4) is 0 Å². The molecular weight excluding hydrogens is 284 g/mol. The molecule has 0 aromatic rings. The van der Waals surface area contributed by atoms with Crippen LogP contribution in [-0.2, 0) is 24.7 Å². The summed E-state index contributed by atoms with van der Waals surface area (Å²) < 4.78 is 46.2. The van der Waals surface area contributed by atoms with E-state index in [-0.39, 0.29) is 12.3 Å². The molecule has 0 saturated carbocycles. The molecule has 0 radical (unpaired) electrons. The van der Waals surface area contributed by atoms with Crippen molar-refractivity contribution in [1.82, 2.24) is 9.79 Å². The lowest BCUT2D eigenvalue weighted by Gasteiger charge is -2.42. The third-order valence-corrected chi connectivity index (χ3v) is 6.90. The van der Waals surface area contributed by atoms with E-state index in [0.29, 0.717) is 0 Å². The number of sulfonamides is 1. The van der Waals surface area contributed by atoms with Gasteiger partial charge in [-0.15, -0.1) is 0 Å². The Bertz CT molecular complexity index is 550. The van der Waals surface area contributed by atoms with Gasteiger partial charge in [0.15, 0.2) is 9.84 Å². The quantitative estimate of drug-likeness (QED) is 0.464. The van der Waals surface area contributed by atoms with E-state index in [2.05, 4.69) is 0 Å². The maximum atomic E-state index is 11.9. The predicted molar refractivity (Wildman–Crippen MR) is 63.1 cm³/mol. The summed E-state index contributed by atoms with van der Waals surface area (Å²) in [5.74, 6) is -1.42.